The van der Waals surface area contributed by atoms with Gasteiger partial charge in [0.1, 0.15) is 0 Å². The van der Waals surface area contributed by atoms with Crippen LogP contribution in [0.2, 0.25) is 0 Å². The maximum absolute atomic E-state index is 11.4. The second-order valence-electron chi connectivity index (χ2n) is 1.53. The van der Waals surface area contributed by atoms with Gasteiger partial charge in [-0.25, -0.2) is 8.78 Å². The van der Waals surface area contributed by atoms with Gasteiger partial charge in [-0.3, -0.25) is 4.79 Å². The van der Waals surface area contributed by atoms with Crippen LogP contribution in [0.3, 0.4) is 0 Å². The lowest BCUT2D eigenvalue weighted by Gasteiger charge is -2.02. The Morgan fingerprint density at radius 2 is 2.00 bits per heavy atom. The Morgan fingerprint density at radius 1 is 1.62 bits per heavy atom. The van der Waals surface area contributed by atoms with Gasteiger partial charge >= 0.3 is 0 Å². The number of primary amides is 1. The number of halogens is 2. The zero-order chi connectivity index (χ0) is 6.73. The Balaban J connectivity index is 3.64. The third-order valence-corrected chi connectivity index (χ3v) is 0.827. The molecule has 1 atom stereocenters. The highest BCUT2D eigenvalue weighted by Crippen LogP contribution is 2.06. The molecule has 0 aliphatic heterocycles. The number of carbonyl (C=O) groups excluding carboxylic acids is 1. The first kappa shape index (κ1) is 7.33. The third kappa shape index (κ3) is 1.86. The molecule has 0 bridgehead atoms. The second kappa shape index (κ2) is 2.59. The highest BCUT2D eigenvalue weighted by atomic mass is 19.3. The maximum Gasteiger partial charge on any atom is 0.249 e. The van der Waals surface area contributed by atoms with Crippen LogP contribution in [0, 0.1) is 5.92 Å². The van der Waals surface area contributed by atoms with Gasteiger partial charge in [-0.05, 0) is 6.92 Å². The van der Waals surface area contributed by atoms with Gasteiger partial charge in [-0.15, -0.1) is 0 Å². The molecular formula is C4H7F2NO. The Morgan fingerprint density at radius 3 is 2.00 bits per heavy atom. The van der Waals surface area contributed by atoms with Crippen LogP contribution in [0.15, 0.2) is 0 Å². The molecule has 48 valence electrons. The second-order valence-corrected chi connectivity index (χ2v) is 1.53. The first-order valence-electron chi connectivity index (χ1n) is 2.13. The molecule has 1 unspecified atom stereocenters. The van der Waals surface area contributed by atoms with Crippen molar-refractivity contribution in [3.05, 3.63) is 0 Å². The van der Waals surface area contributed by atoms with E-state index in [-0.39, 0.29) is 0 Å². The average molecular weight is 123 g/mol. The van der Waals surface area contributed by atoms with Crippen molar-refractivity contribution in [1.29, 1.82) is 0 Å². The molecule has 1 amide bonds. The summed E-state index contributed by atoms with van der Waals surface area (Å²) in [6.45, 7) is 1.09. The quantitative estimate of drug-likeness (QED) is 0.566. The molecule has 0 heterocycles. The minimum Gasteiger partial charge on any atom is -0.369 e. The Hall–Kier alpha value is -0.670. The highest BCUT2D eigenvalue weighted by molar-refractivity contribution is 5.76. The van der Waals surface area contributed by atoms with Crippen LogP contribution in [0.25, 0.3) is 0 Å². The minimum atomic E-state index is -2.63. The molecule has 0 fully saturated rings. The van der Waals surface area contributed by atoms with Crippen LogP contribution in [0.4, 0.5) is 8.78 Å². The fourth-order valence-electron chi connectivity index (χ4n) is 0.124. The van der Waals surface area contributed by atoms with Crippen molar-refractivity contribution in [1.82, 2.24) is 0 Å². The van der Waals surface area contributed by atoms with Crippen LogP contribution >= 0.6 is 0 Å². The summed E-state index contributed by atoms with van der Waals surface area (Å²) in [4.78, 5) is 9.88. The zero-order valence-corrected chi connectivity index (χ0v) is 4.40. The number of nitrogens with two attached hydrogens (primary N) is 1. The van der Waals surface area contributed by atoms with E-state index in [1.807, 2.05) is 0 Å². The summed E-state index contributed by atoms with van der Waals surface area (Å²) in [6, 6.07) is 0. The molecule has 8 heavy (non-hydrogen) atoms. The lowest BCUT2D eigenvalue weighted by Crippen LogP contribution is -2.26. The highest BCUT2D eigenvalue weighted by Gasteiger charge is 2.19. The van der Waals surface area contributed by atoms with Gasteiger partial charge in [0.15, 0.2) is 0 Å². The van der Waals surface area contributed by atoms with E-state index < -0.39 is 18.3 Å². The fourth-order valence-corrected chi connectivity index (χ4v) is 0.124. The van der Waals surface area contributed by atoms with Gasteiger partial charge in [0.2, 0.25) is 12.3 Å². The molecule has 2 nitrogen and oxygen atoms in total. The topological polar surface area (TPSA) is 43.1 Å². The van der Waals surface area contributed by atoms with Crippen molar-refractivity contribution in [3.63, 3.8) is 0 Å². The molecule has 0 spiro atoms. The number of carbonyl (C=O) groups is 1. The van der Waals surface area contributed by atoms with E-state index in [0.29, 0.717) is 0 Å². The molecule has 2 N–H and O–H groups in total. The summed E-state index contributed by atoms with van der Waals surface area (Å²) in [5.74, 6) is -2.28. The Kier molecular flexibility index (Phi) is 2.37. The van der Waals surface area contributed by atoms with Crippen molar-refractivity contribution in [2.45, 2.75) is 13.3 Å². The number of alkyl halides is 2. The first-order chi connectivity index (χ1) is 3.55. The van der Waals surface area contributed by atoms with Gasteiger partial charge in [-0.1, -0.05) is 0 Å². The molecule has 0 aliphatic rings. The molecule has 0 rings (SSSR count). The summed E-state index contributed by atoms with van der Waals surface area (Å²) in [5, 5.41) is 0. The van der Waals surface area contributed by atoms with Crippen LogP contribution in [-0.2, 0) is 4.79 Å². The SMILES string of the molecule is CC(C(N)=O)C(F)F. The average Bonchev–Trinajstić information content (AvgIpc) is 1.64. The molecular weight excluding hydrogens is 116 g/mol. The van der Waals surface area contributed by atoms with Crippen molar-refractivity contribution < 1.29 is 13.6 Å². The predicted octanol–water partition coefficient (Wildman–Crippen LogP) is 0.373. The molecule has 0 saturated heterocycles. The molecule has 4 heteroatoms. The summed E-state index contributed by atoms with van der Waals surface area (Å²) >= 11 is 0. The smallest absolute Gasteiger partial charge is 0.249 e. The molecule has 0 aromatic heterocycles. The van der Waals surface area contributed by atoms with E-state index in [2.05, 4.69) is 5.73 Å². The van der Waals surface area contributed by atoms with Crippen LogP contribution < -0.4 is 5.73 Å². The first-order valence-corrected chi connectivity index (χ1v) is 2.13. The summed E-state index contributed by atoms with van der Waals surface area (Å²) < 4.78 is 22.8. The van der Waals surface area contributed by atoms with E-state index in [9.17, 15) is 13.6 Å². The largest absolute Gasteiger partial charge is 0.369 e. The Bertz CT molecular complexity index is 94.0. The van der Waals surface area contributed by atoms with Gasteiger partial charge in [0.05, 0.1) is 5.92 Å². The van der Waals surface area contributed by atoms with E-state index >= 15 is 0 Å². The van der Waals surface area contributed by atoms with Crippen LogP contribution in [0.1, 0.15) is 6.92 Å². The normalized spacial score (nSPS) is 14.0. The van der Waals surface area contributed by atoms with E-state index in [1.54, 1.807) is 0 Å². The van der Waals surface area contributed by atoms with E-state index in [4.69, 9.17) is 0 Å². The van der Waals surface area contributed by atoms with Crippen LogP contribution in [-0.4, -0.2) is 12.3 Å². The molecule has 0 radical (unpaired) electrons. The summed E-state index contributed by atoms with van der Waals surface area (Å²) in [7, 11) is 0. The summed E-state index contributed by atoms with van der Waals surface area (Å²) in [5.41, 5.74) is 4.52. The number of hydrogen-bond acceptors (Lipinski definition) is 1. The van der Waals surface area contributed by atoms with E-state index in [1.165, 1.54) is 0 Å². The maximum atomic E-state index is 11.4. The van der Waals surface area contributed by atoms with Crippen molar-refractivity contribution >= 4 is 5.91 Å². The molecule has 0 aliphatic carbocycles. The van der Waals surface area contributed by atoms with Gasteiger partial charge in [-0.2, -0.15) is 0 Å². The number of rotatable bonds is 2. The van der Waals surface area contributed by atoms with Crippen LogP contribution in [0.5, 0.6) is 0 Å². The van der Waals surface area contributed by atoms with Crippen molar-refractivity contribution in [3.8, 4) is 0 Å². The standard InChI is InChI=1S/C4H7F2NO/c1-2(3(5)6)4(7)8/h2-3H,1H3,(H2,7,8). The van der Waals surface area contributed by atoms with E-state index in [0.717, 1.165) is 6.92 Å². The fraction of sp³-hybridized carbons (Fsp3) is 0.750. The van der Waals surface area contributed by atoms with Gasteiger partial charge in [0.25, 0.3) is 0 Å². The summed E-state index contributed by atoms with van der Waals surface area (Å²) in [6.07, 6.45) is -2.63. The molecule has 0 saturated carbocycles. The monoisotopic (exact) mass is 123 g/mol. The lowest BCUT2D eigenvalue weighted by atomic mass is 10.2. The molecule has 0 aromatic carbocycles. The lowest BCUT2D eigenvalue weighted by molar-refractivity contribution is -0.125. The van der Waals surface area contributed by atoms with Gasteiger partial charge < -0.3 is 5.73 Å². The number of hydrogen-bond donors (Lipinski definition) is 1. The molecule has 0 aromatic rings. The van der Waals surface area contributed by atoms with Crippen molar-refractivity contribution in [2.75, 3.05) is 0 Å². The number of amides is 1. The zero-order valence-electron chi connectivity index (χ0n) is 4.40. The predicted molar refractivity (Wildman–Crippen MR) is 24.4 cm³/mol. The van der Waals surface area contributed by atoms with Gasteiger partial charge in [0, 0.05) is 0 Å². The Labute approximate surface area is 45.7 Å². The third-order valence-electron chi connectivity index (χ3n) is 0.827. The minimum absolute atomic E-state index is 0.958. The van der Waals surface area contributed by atoms with Crippen molar-refractivity contribution in [2.24, 2.45) is 11.7 Å².